The number of hydrogen-bond acceptors (Lipinski definition) is 8. The second-order valence-corrected chi connectivity index (χ2v) is 12.2. The normalized spacial score (nSPS) is 13.1. The van der Waals surface area contributed by atoms with Crippen LogP contribution in [0.5, 0.6) is 5.75 Å². The molecule has 0 radical (unpaired) electrons. The summed E-state index contributed by atoms with van der Waals surface area (Å²) in [5.74, 6) is -0.142. The van der Waals surface area contributed by atoms with Crippen molar-refractivity contribution in [1.82, 2.24) is 9.97 Å². The highest BCUT2D eigenvalue weighted by atomic mass is 32.2. The minimum atomic E-state index is -4.73. The summed E-state index contributed by atoms with van der Waals surface area (Å²) >= 11 is 1.01. The Bertz CT molecular complexity index is 1340. The zero-order valence-electron chi connectivity index (χ0n) is 17.4. The maximum Gasteiger partial charge on any atom is 0.524 e. The van der Waals surface area contributed by atoms with Gasteiger partial charge in [0.05, 0.1) is 5.39 Å². The molecule has 0 saturated heterocycles. The topological polar surface area (TPSA) is 142 Å². The summed E-state index contributed by atoms with van der Waals surface area (Å²) in [7, 11) is -4.73. The molecular weight excluding hydrogens is 508 g/mol. The van der Waals surface area contributed by atoms with Crippen LogP contribution in [0.1, 0.15) is 13.8 Å². The second kappa shape index (κ2) is 9.30. The van der Waals surface area contributed by atoms with Gasteiger partial charge in [-0.2, -0.15) is 0 Å². The number of phosphoric ester groups is 1. The minimum Gasteiger partial charge on any atom is -0.611 e. The van der Waals surface area contributed by atoms with Crippen molar-refractivity contribution in [1.29, 1.82) is 0 Å². The molecule has 1 unspecified atom stereocenters. The van der Waals surface area contributed by atoms with Crippen LogP contribution in [0.4, 0.5) is 10.1 Å². The van der Waals surface area contributed by atoms with Crippen molar-refractivity contribution in [3.8, 4) is 27.6 Å². The van der Waals surface area contributed by atoms with Crippen molar-refractivity contribution in [2.45, 2.75) is 18.1 Å². The molecule has 0 aliphatic rings. The lowest BCUT2D eigenvalue weighted by Crippen LogP contribution is -2.11. The van der Waals surface area contributed by atoms with E-state index in [1.165, 1.54) is 35.6 Å². The Labute approximate surface area is 199 Å². The number of anilines is 1. The van der Waals surface area contributed by atoms with E-state index in [0.717, 1.165) is 11.3 Å². The smallest absolute Gasteiger partial charge is 0.524 e. The van der Waals surface area contributed by atoms with E-state index in [1.807, 2.05) is 13.8 Å². The molecule has 0 bridgehead atoms. The van der Waals surface area contributed by atoms with Crippen LogP contribution in [0.2, 0.25) is 0 Å². The highest BCUT2D eigenvalue weighted by Crippen LogP contribution is 2.46. The lowest BCUT2D eigenvalue weighted by Gasteiger charge is -2.12. The molecule has 1 atom stereocenters. The Morgan fingerprint density at radius 1 is 1.30 bits per heavy atom. The van der Waals surface area contributed by atoms with Gasteiger partial charge >= 0.3 is 7.82 Å². The fourth-order valence-electron chi connectivity index (χ4n) is 3.23. The number of thiophene rings is 1. The van der Waals surface area contributed by atoms with Gasteiger partial charge < -0.3 is 14.8 Å². The Hall–Kier alpha value is -2.05. The summed E-state index contributed by atoms with van der Waals surface area (Å²) in [5.41, 5.74) is 7.16. The summed E-state index contributed by atoms with van der Waals surface area (Å²) in [5, 5.41) is 2.43. The van der Waals surface area contributed by atoms with E-state index in [9.17, 15) is 9.12 Å². The van der Waals surface area contributed by atoms with E-state index in [1.54, 1.807) is 11.6 Å². The number of halogens is 1. The molecule has 3 aromatic heterocycles. The highest BCUT2D eigenvalue weighted by molar-refractivity contribution is 7.93. The van der Waals surface area contributed by atoms with Crippen LogP contribution < -0.4 is 10.3 Å². The average molecular weight is 528 g/mol. The van der Waals surface area contributed by atoms with E-state index in [2.05, 4.69) is 14.5 Å². The Morgan fingerprint density at radius 3 is 2.58 bits per heavy atom. The van der Waals surface area contributed by atoms with Gasteiger partial charge in [0, 0.05) is 17.1 Å². The van der Waals surface area contributed by atoms with Crippen molar-refractivity contribution in [2.24, 2.45) is 5.92 Å². The molecule has 3 heterocycles. The molecule has 8 nitrogen and oxygen atoms in total. The number of fused-ring (bicyclic) bond motifs is 1. The number of pyridine rings is 1. The van der Waals surface area contributed by atoms with Gasteiger partial charge in [-0.15, -0.1) is 11.3 Å². The van der Waals surface area contributed by atoms with Gasteiger partial charge in [0.25, 0.3) is 0 Å². The SMILES string of the molecule is CC(C)C[S+]([O-])c1sc2nc(-c3nccs3)c(F)c(-c3ccc(OP(=O)(O)O)cc3)c2c1N. The molecule has 13 heteroatoms. The van der Waals surface area contributed by atoms with Crippen molar-refractivity contribution in [3.63, 3.8) is 0 Å². The number of nitrogen functional groups attached to an aromatic ring is 1. The van der Waals surface area contributed by atoms with E-state index in [0.29, 0.717) is 30.7 Å². The number of benzene rings is 1. The summed E-state index contributed by atoms with van der Waals surface area (Å²) in [6.07, 6.45) is 1.55. The molecule has 0 fully saturated rings. The number of nitrogens with two attached hydrogens (primary N) is 1. The van der Waals surface area contributed by atoms with Crippen LogP contribution in [0.25, 0.3) is 32.0 Å². The largest absolute Gasteiger partial charge is 0.611 e. The average Bonchev–Trinajstić information content (AvgIpc) is 3.35. The van der Waals surface area contributed by atoms with Gasteiger partial charge in [0.1, 0.15) is 32.7 Å². The predicted molar refractivity (Wildman–Crippen MR) is 129 cm³/mol. The van der Waals surface area contributed by atoms with Crippen LogP contribution in [-0.2, 0) is 15.7 Å². The predicted octanol–water partition coefficient (Wildman–Crippen LogP) is 5.04. The van der Waals surface area contributed by atoms with E-state index < -0.39 is 24.8 Å². The summed E-state index contributed by atoms with van der Waals surface area (Å²) in [6, 6.07) is 5.58. The number of hydrogen-bond donors (Lipinski definition) is 3. The third-order valence-electron chi connectivity index (χ3n) is 4.48. The molecule has 4 rings (SSSR count). The maximum atomic E-state index is 15.8. The summed E-state index contributed by atoms with van der Waals surface area (Å²) in [4.78, 5) is 27.1. The molecule has 4 aromatic rings. The van der Waals surface area contributed by atoms with Gasteiger partial charge in [-0.1, -0.05) is 37.3 Å². The van der Waals surface area contributed by atoms with Crippen LogP contribution in [0.15, 0.2) is 40.1 Å². The van der Waals surface area contributed by atoms with Crippen LogP contribution in [-0.4, -0.2) is 30.1 Å². The third kappa shape index (κ3) is 5.07. The summed E-state index contributed by atoms with van der Waals surface area (Å²) < 4.78 is 44.8. The highest BCUT2D eigenvalue weighted by Gasteiger charge is 2.29. The Kier molecular flexibility index (Phi) is 6.79. The second-order valence-electron chi connectivity index (χ2n) is 7.48. The van der Waals surface area contributed by atoms with Crippen LogP contribution >= 0.6 is 30.5 Å². The van der Waals surface area contributed by atoms with E-state index in [4.69, 9.17) is 15.5 Å². The zero-order chi connectivity index (χ0) is 23.9. The maximum absolute atomic E-state index is 15.8. The first-order valence-electron chi connectivity index (χ1n) is 9.60. The molecular formula is C20H19FN3O5PS3. The summed E-state index contributed by atoms with van der Waals surface area (Å²) in [6.45, 7) is 3.90. The molecule has 0 saturated carbocycles. The van der Waals surface area contributed by atoms with Gasteiger partial charge in [0.15, 0.2) is 5.82 Å². The fourth-order valence-corrected chi connectivity index (χ4v) is 7.00. The third-order valence-corrected chi connectivity index (χ3v) is 9.01. The number of rotatable bonds is 7. The molecule has 0 aliphatic carbocycles. The molecule has 1 aromatic carbocycles. The van der Waals surface area contributed by atoms with Crippen LogP contribution in [0.3, 0.4) is 0 Å². The van der Waals surface area contributed by atoms with Gasteiger partial charge in [-0.3, -0.25) is 9.79 Å². The first-order chi connectivity index (χ1) is 15.5. The van der Waals surface area contributed by atoms with Crippen LogP contribution in [0, 0.1) is 11.7 Å². The minimum absolute atomic E-state index is 0.0467. The quantitative estimate of drug-likeness (QED) is 0.224. The molecule has 0 aliphatic heterocycles. The Balaban J connectivity index is 1.93. The number of thiazole rings is 1. The van der Waals surface area contributed by atoms with Crippen molar-refractivity contribution in [2.75, 3.05) is 11.5 Å². The number of phosphoric acid groups is 1. The van der Waals surface area contributed by atoms with Crippen molar-refractivity contribution >= 4 is 57.6 Å². The Morgan fingerprint density at radius 2 is 2.00 bits per heavy atom. The monoisotopic (exact) mass is 527 g/mol. The standard InChI is InChI=1S/C20H19FN3O5PS3/c1-10(2)9-33(28)20-16(22)14-13(11-3-5-12(6-4-11)29-30(25,26)27)15(21)17(24-18(14)32-20)19-23-7-8-31-19/h3-8,10H,9,22H2,1-2H3,(H2,25,26,27). The molecule has 0 amide bonds. The number of nitrogens with zero attached hydrogens (tertiary/aromatic N) is 2. The van der Waals surface area contributed by atoms with Gasteiger partial charge in [-0.05, 0) is 34.8 Å². The lowest BCUT2D eigenvalue weighted by molar-refractivity contribution is 0.283. The van der Waals surface area contributed by atoms with E-state index in [-0.39, 0.29) is 28.6 Å². The lowest BCUT2D eigenvalue weighted by atomic mass is 10.0. The molecule has 0 spiro atoms. The van der Waals surface area contributed by atoms with E-state index >= 15 is 4.39 Å². The zero-order valence-corrected chi connectivity index (χ0v) is 20.7. The number of aromatic nitrogens is 2. The fraction of sp³-hybridized carbons (Fsp3) is 0.200. The van der Waals surface area contributed by atoms with Crippen molar-refractivity contribution in [3.05, 3.63) is 41.7 Å². The molecule has 33 heavy (non-hydrogen) atoms. The van der Waals surface area contributed by atoms with Gasteiger partial charge in [0.2, 0.25) is 4.21 Å². The van der Waals surface area contributed by atoms with Gasteiger partial charge in [-0.25, -0.2) is 18.9 Å². The molecule has 4 N–H and O–H groups in total. The first kappa shape index (κ1) is 24.1. The molecule has 174 valence electrons. The van der Waals surface area contributed by atoms with Crippen molar-refractivity contribution < 1.29 is 27.8 Å². The first-order valence-corrected chi connectivity index (χ1v) is 14.1.